The number of amides is 1. The predicted octanol–water partition coefficient (Wildman–Crippen LogP) is 3.01. The lowest BCUT2D eigenvalue weighted by atomic mass is 9.89. The van der Waals surface area contributed by atoms with E-state index in [1.54, 1.807) is 4.90 Å². The van der Waals surface area contributed by atoms with Gasteiger partial charge in [0.1, 0.15) is 0 Å². The molecule has 2 aromatic carbocycles. The Hall–Kier alpha value is -2.18. The topological polar surface area (TPSA) is 63.7 Å². The van der Waals surface area contributed by atoms with Gasteiger partial charge in [0.2, 0.25) is 5.91 Å². The molecule has 0 aliphatic carbocycles. The fraction of sp³-hybridized carbons (Fsp3) is 0.435. The van der Waals surface area contributed by atoms with Crippen LogP contribution >= 0.6 is 0 Å². The van der Waals surface area contributed by atoms with E-state index < -0.39 is 15.8 Å². The molecule has 0 aromatic heterocycles. The van der Waals surface area contributed by atoms with Gasteiger partial charge in [-0.25, -0.2) is 8.42 Å². The summed E-state index contributed by atoms with van der Waals surface area (Å²) in [7, 11) is -3.10. The molecule has 4 rings (SSSR count). The van der Waals surface area contributed by atoms with Gasteiger partial charge in [-0.15, -0.1) is 0 Å². The Labute approximate surface area is 172 Å². The Morgan fingerprint density at radius 3 is 2.10 bits per heavy atom. The van der Waals surface area contributed by atoms with Crippen molar-refractivity contribution in [1.29, 1.82) is 0 Å². The molecule has 5 nitrogen and oxygen atoms in total. The molecular weight excluding hydrogens is 386 g/mol. The minimum Gasteiger partial charge on any atom is -0.376 e. The third-order valence-corrected chi connectivity index (χ3v) is 7.62. The van der Waals surface area contributed by atoms with E-state index in [2.05, 4.69) is 0 Å². The Bertz CT molecular complexity index is 884. The molecule has 2 aliphatic rings. The number of carbonyl (C=O) groups excluding carboxylic acids is 1. The van der Waals surface area contributed by atoms with Crippen LogP contribution in [0.1, 0.15) is 36.3 Å². The monoisotopic (exact) mass is 413 g/mol. The van der Waals surface area contributed by atoms with E-state index >= 15 is 0 Å². The van der Waals surface area contributed by atoms with Crippen LogP contribution in [-0.4, -0.2) is 56.0 Å². The maximum Gasteiger partial charge on any atom is 0.234 e. The largest absolute Gasteiger partial charge is 0.376 e. The molecule has 0 unspecified atom stereocenters. The minimum absolute atomic E-state index is 0.0190. The maximum absolute atomic E-state index is 13.9. The molecule has 1 amide bonds. The van der Waals surface area contributed by atoms with Crippen molar-refractivity contribution in [2.24, 2.45) is 0 Å². The lowest BCUT2D eigenvalue weighted by molar-refractivity contribution is -0.135. The lowest BCUT2D eigenvalue weighted by Gasteiger charge is -2.34. The molecule has 2 atom stereocenters. The summed E-state index contributed by atoms with van der Waals surface area (Å²) in [6.07, 6.45) is 2.37. The fourth-order valence-corrected chi connectivity index (χ4v) is 6.11. The first-order valence-corrected chi connectivity index (χ1v) is 12.1. The second-order valence-electron chi connectivity index (χ2n) is 7.94. The quantitative estimate of drug-likeness (QED) is 0.730. The van der Waals surface area contributed by atoms with Gasteiger partial charge in [0.15, 0.2) is 9.84 Å². The Balaban J connectivity index is 1.69. The van der Waals surface area contributed by atoms with Crippen LogP contribution in [0, 0.1) is 0 Å². The summed E-state index contributed by atoms with van der Waals surface area (Å²) in [5.74, 6) is -0.308. The first-order chi connectivity index (χ1) is 14.0. The highest BCUT2D eigenvalue weighted by molar-refractivity contribution is 7.91. The molecule has 2 saturated heterocycles. The van der Waals surface area contributed by atoms with Crippen molar-refractivity contribution in [3.05, 3.63) is 71.8 Å². The first-order valence-electron chi connectivity index (χ1n) is 10.3. The van der Waals surface area contributed by atoms with E-state index in [0.717, 1.165) is 24.0 Å². The van der Waals surface area contributed by atoms with Gasteiger partial charge in [-0.05, 0) is 30.4 Å². The van der Waals surface area contributed by atoms with Crippen LogP contribution < -0.4 is 0 Å². The van der Waals surface area contributed by atoms with E-state index in [4.69, 9.17) is 4.74 Å². The van der Waals surface area contributed by atoms with Gasteiger partial charge in [0.05, 0.1) is 23.5 Å². The van der Waals surface area contributed by atoms with Gasteiger partial charge in [-0.2, -0.15) is 0 Å². The first kappa shape index (κ1) is 20.1. The fourth-order valence-electron chi connectivity index (χ4n) is 4.38. The SMILES string of the molecule is O=C(C(c1ccccc1)c1ccccc1)N(C[C@H]1CCCO1)[C@@H]1CCS(=O)(=O)C1. The zero-order valence-corrected chi connectivity index (χ0v) is 17.3. The van der Waals surface area contributed by atoms with Gasteiger partial charge in [0, 0.05) is 19.2 Å². The smallest absolute Gasteiger partial charge is 0.234 e. The molecule has 2 fully saturated rings. The van der Waals surface area contributed by atoms with E-state index in [1.165, 1.54) is 0 Å². The van der Waals surface area contributed by atoms with Crippen molar-refractivity contribution >= 4 is 15.7 Å². The van der Waals surface area contributed by atoms with Crippen molar-refractivity contribution in [3.63, 3.8) is 0 Å². The Kier molecular flexibility index (Phi) is 6.01. The molecule has 2 heterocycles. The zero-order chi connectivity index (χ0) is 20.3. The summed E-state index contributed by atoms with van der Waals surface area (Å²) in [5.41, 5.74) is 1.84. The van der Waals surface area contributed by atoms with Crippen molar-refractivity contribution < 1.29 is 17.9 Å². The summed E-state index contributed by atoms with van der Waals surface area (Å²) in [6, 6.07) is 19.2. The van der Waals surface area contributed by atoms with Gasteiger partial charge < -0.3 is 9.64 Å². The third-order valence-electron chi connectivity index (χ3n) is 5.87. The number of rotatable bonds is 6. The van der Waals surface area contributed by atoms with Crippen LogP contribution in [0.2, 0.25) is 0 Å². The molecule has 29 heavy (non-hydrogen) atoms. The number of hydrogen-bond acceptors (Lipinski definition) is 4. The van der Waals surface area contributed by atoms with Crippen LogP contribution in [0.3, 0.4) is 0 Å². The highest BCUT2D eigenvalue weighted by atomic mass is 32.2. The summed E-state index contributed by atoms with van der Waals surface area (Å²) in [6.45, 7) is 1.16. The second kappa shape index (κ2) is 8.67. The van der Waals surface area contributed by atoms with Gasteiger partial charge >= 0.3 is 0 Å². The maximum atomic E-state index is 13.9. The average molecular weight is 414 g/mol. The number of benzene rings is 2. The van der Waals surface area contributed by atoms with Crippen molar-refractivity contribution in [2.75, 3.05) is 24.7 Å². The van der Waals surface area contributed by atoms with Gasteiger partial charge in [-0.3, -0.25) is 4.79 Å². The van der Waals surface area contributed by atoms with E-state index in [0.29, 0.717) is 19.6 Å². The molecule has 0 saturated carbocycles. The average Bonchev–Trinajstić information content (AvgIpc) is 3.37. The molecule has 0 spiro atoms. The molecular formula is C23H27NO4S. The van der Waals surface area contributed by atoms with Crippen LogP contribution in [-0.2, 0) is 19.4 Å². The molecule has 2 aromatic rings. The van der Waals surface area contributed by atoms with E-state index in [1.807, 2.05) is 60.7 Å². The summed E-state index contributed by atoms with van der Waals surface area (Å²) < 4.78 is 30.1. The number of nitrogens with zero attached hydrogens (tertiary/aromatic N) is 1. The second-order valence-corrected chi connectivity index (χ2v) is 10.2. The third kappa shape index (κ3) is 4.70. The summed E-state index contributed by atoms with van der Waals surface area (Å²) in [4.78, 5) is 15.7. The summed E-state index contributed by atoms with van der Waals surface area (Å²) >= 11 is 0. The Morgan fingerprint density at radius 1 is 1.00 bits per heavy atom. The van der Waals surface area contributed by atoms with Crippen LogP contribution in [0.15, 0.2) is 60.7 Å². The molecule has 0 bridgehead atoms. The van der Waals surface area contributed by atoms with Crippen LogP contribution in [0.5, 0.6) is 0 Å². The van der Waals surface area contributed by atoms with E-state index in [-0.39, 0.29) is 29.6 Å². The van der Waals surface area contributed by atoms with Crippen molar-refractivity contribution in [1.82, 2.24) is 4.90 Å². The normalized spacial score (nSPS) is 23.3. The summed E-state index contributed by atoms with van der Waals surface area (Å²) in [5, 5.41) is 0. The molecule has 2 aliphatic heterocycles. The molecule has 0 radical (unpaired) electrons. The zero-order valence-electron chi connectivity index (χ0n) is 16.4. The van der Waals surface area contributed by atoms with Gasteiger partial charge in [-0.1, -0.05) is 60.7 Å². The van der Waals surface area contributed by atoms with Crippen molar-refractivity contribution in [2.45, 2.75) is 37.3 Å². The van der Waals surface area contributed by atoms with Crippen LogP contribution in [0.25, 0.3) is 0 Å². The standard InChI is InChI=1S/C23H27NO4S/c25-23(22(18-8-3-1-4-9-18)19-10-5-2-6-11-19)24(16-21-12-7-14-28-21)20-13-15-29(26,27)17-20/h1-6,8-11,20-22H,7,12-17H2/t20-,21-/m1/s1. The minimum atomic E-state index is -3.10. The number of sulfone groups is 1. The van der Waals surface area contributed by atoms with Crippen LogP contribution in [0.4, 0.5) is 0 Å². The number of hydrogen-bond donors (Lipinski definition) is 0. The molecule has 0 N–H and O–H groups in total. The lowest BCUT2D eigenvalue weighted by Crippen LogP contribution is -2.47. The molecule has 154 valence electrons. The van der Waals surface area contributed by atoms with Crippen molar-refractivity contribution in [3.8, 4) is 0 Å². The van der Waals surface area contributed by atoms with Gasteiger partial charge in [0.25, 0.3) is 0 Å². The highest BCUT2D eigenvalue weighted by Gasteiger charge is 2.39. The van der Waals surface area contributed by atoms with E-state index in [9.17, 15) is 13.2 Å². The highest BCUT2D eigenvalue weighted by Crippen LogP contribution is 2.30. The predicted molar refractivity (Wildman–Crippen MR) is 112 cm³/mol. The molecule has 6 heteroatoms. The number of carbonyl (C=O) groups is 1. The Morgan fingerprint density at radius 2 is 1.62 bits per heavy atom. The number of ether oxygens (including phenoxy) is 1.